The Kier molecular flexibility index (Phi) is 5.39. The fourth-order valence-electron chi connectivity index (χ4n) is 2.68. The number of aryl methyl sites for hydroxylation is 2. The third-order valence-corrected chi connectivity index (χ3v) is 3.36. The largest absolute Gasteiger partial charge is 0.314 e. The number of hydrogen-bond acceptors (Lipinski definition) is 2. The molecular weight excluding hydrogens is 222 g/mol. The lowest BCUT2D eigenvalue weighted by atomic mass is 9.81. The predicted molar refractivity (Wildman–Crippen MR) is 77.8 cm³/mol. The molecular formula is C15H29N3. The lowest BCUT2D eigenvalue weighted by Gasteiger charge is -2.28. The quantitative estimate of drug-likeness (QED) is 0.807. The van der Waals surface area contributed by atoms with Crippen LogP contribution >= 0.6 is 0 Å². The van der Waals surface area contributed by atoms with Gasteiger partial charge in [0, 0.05) is 18.8 Å². The van der Waals surface area contributed by atoms with Gasteiger partial charge < -0.3 is 5.32 Å². The highest BCUT2D eigenvalue weighted by Gasteiger charge is 2.23. The van der Waals surface area contributed by atoms with E-state index in [2.05, 4.69) is 51.1 Å². The van der Waals surface area contributed by atoms with Crippen molar-refractivity contribution in [3.05, 3.63) is 17.5 Å². The summed E-state index contributed by atoms with van der Waals surface area (Å²) in [7, 11) is 2.04. The molecule has 1 unspecified atom stereocenters. The van der Waals surface area contributed by atoms with Crippen LogP contribution in [0.5, 0.6) is 0 Å². The van der Waals surface area contributed by atoms with Gasteiger partial charge in [0.25, 0.3) is 0 Å². The molecule has 0 saturated carbocycles. The van der Waals surface area contributed by atoms with Crippen LogP contribution in [0.25, 0.3) is 0 Å². The van der Waals surface area contributed by atoms with Gasteiger partial charge in [-0.25, -0.2) is 0 Å². The Morgan fingerprint density at radius 1 is 1.44 bits per heavy atom. The van der Waals surface area contributed by atoms with E-state index in [0.29, 0.717) is 11.5 Å². The molecule has 1 rings (SSSR count). The molecule has 0 aliphatic rings. The Morgan fingerprint density at radius 2 is 2.11 bits per heavy atom. The number of aromatic nitrogens is 2. The van der Waals surface area contributed by atoms with E-state index in [9.17, 15) is 0 Å². The van der Waals surface area contributed by atoms with Crippen LogP contribution in [0.4, 0.5) is 0 Å². The second-order valence-electron chi connectivity index (χ2n) is 6.30. The van der Waals surface area contributed by atoms with Crippen LogP contribution in [-0.4, -0.2) is 22.4 Å². The molecule has 1 aromatic rings. The van der Waals surface area contributed by atoms with Crippen molar-refractivity contribution in [2.24, 2.45) is 12.5 Å². The zero-order chi connectivity index (χ0) is 13.8. The molecule has 0 bridgehead atoms. The van der Waals surface area contributed by atoms with Crippen molar-refractivity contribution in [1.82, 2.24) is 15.1 Å². The van der Waals surface area contributed by atoms with Gasteiger partial charge in [0.05, 0.1) is 5.69 Å². The fourth-order valence-corrected chi connectivity index (χ4v) is 2.68. The molecule has 0 aliphatic heterocycles. The number of rotatable bonds is 7. The van der Waals surface area contributed by atoms with Crippen LogP contribution in [0, 0.1) is 12.3 Å². The van der Waals surface area contributed by atoms with Gasteiger partial charge in [-0.1, -0.05) is 20.8 Å². The highest BCUT2D eigenvalue weighted by molar-refractivity contribution is 5.10. The van der Waals surface area contributed by atoms with E-state index in [1.165, 1.54) is 18.5 Å². The second kappa shape index (κ2) is 6.37. The molecule has 3 nitrogen and oxygen atoms in total. The van der Waals surface area contributed by atoms with Gasteiger partial charge in [0.2, 0.25) is 0 Å². The van der Waals surface area contributed by atoms with Crippen LogP contribution in [0.15, 0.2) is 6.07 Å². The van der Waals surface area contributed by atoms with E-state index in [4.69, 9.17) is 0 Å². The Labute approximate surface area is 112 Å². The van der Waals surface area contributed by atoms with Crippen LogP contribution in [0.3, 0.4) is 0 Å². The minimum atomic E-state index is 0.306. The normalized spacial score (nSPS) is 13.9. The first-order valence-electron chi connectivity index (χ1n) is 7.07. The molecule has 1 atom stereocenters. The average molecular weight is 251 g/mol. The van der Waals surface area contributed by atoms with Crippen molar-refractivity contribution < 1.29 is 0 Å². The molecule has 0 fully saturated rings. The van der Waals surface area contributed by atoms with Gasteiger partial charge >= 0.3 is 0 Å². The molecule has 3 heteroatoms. The third kappa shape index (κ3) is 4.81. The van der Waals surface area contributed by atoms with Crippen molar-refractivity contribution in [2.45, 2.75) is 59.9 Å². The summed E-state index contributed by atoms with van der Waals surface area (Å²) in [5.74, 6) is 0. The van der Waals surface area contributed by atoms with Gasteiger partial charge in [0.15, 0.2) is 0 Å². The van der Waals surface area contributed by atoms with E-state index in [0.717, 1.165) is 18.7 Å². The maximum absolute atomic E-state index is 4.43. The van der Waals surface area contributed by atoms with Crippen molar-refractivity contribution in [3.63, 3.8) is 0 Å². The Hall–Kier alpha value is -0.830. The van der Waals surface area contributed by atoms with Crippen LogP contribution in [0.1, 0.15) is 51.9 Å². The van der Waals surface area contributed by atoms with Crippen molar-refractivity contribution in [3.8, 4) is 0 Å². The van der Waals surface area contributed by atoms with Gasteiger partial charge in [-0.2, -0.15) is 5.10 Å². The summed E-state index contributed by atoms with van der Waals surface area (Å²) >= 11 is 0. The maximum atomic E-state index is 4.43. The first-order valence-corrected chi connectivity index (χ1v) is 7.07. The molecule has 1 N–H and O–H groups in total. The number of hydrogen-bond donors (Lipinski definition) is 1. The molecule has 0 saturated heterocycles. The topological polar surface area (TPSA) is 29.9 Å². The van der Waals surface area contributed by atoms with Crippen LogP contribution in [0.2, 0.25) is 0 Å². The average Bonchev–Trinajstić information content (AvgIpc) is 2.53. The highest BCUT2D eigenvalue weighted by Crippen LogP contribution is 2.27. The first kappa shape index (κ1) is 15.2. The highest BCUT2D eigenvalue weighted by atomic mass is 15.3. The van der Waals surface area contributed by atoms with E-state index >= 15 is 0 Å². The zero-order valence-corrected chi connectivity index (χ0v) is 12.9. The van der Waals surface area contributed by atoms with Gasteiger partial charge in [0.1, 0.15) is 0 Å². The first-order chi connectivity index (χ1) is 8.34. The van der Waals surface area contributed by atoms with Gasteiger partial charge in [-0.05, 0) is 51.1 Å². The number of nitrogens with zero attached hydrogens (tertiary/aromatic N) is 2. The molecule has 0 aliphatic carbocycles. The summed E-state index contributed by atoms with van der Waals surface area (Å²) in [5.41, 5.74) is 2.75. The molecule has 0 radical (unpaired) electrons. The van der Waals surface area contributed by atoms with Crippen LogP contribution < -0.4 is 5.32 Å². The predicted octanol–water partition coefficient (Wildman–Crippen LogP) is 3.08. The summed E-state index contributed by atoms with van der Waals surface area (Å²) in [6, 6.07) is 2.78. The molecule has 0 spiro atoms. The zero-order valence-electron chi connectivity index (χ0n) is 12.9. The third-order valence-electron chi connectivity index (χ3n) is 3.36. The van der Waals surface area contributed by atoms with Crippen molar-refractivity contribution >= 4 is 0 Å². The lowest BCUT2D eigenvalue weighted by Crippen LogP contribution is -2.33. The molecule has 104 valence electrons. The van der Waals surface area contributed by atoms with Crippen molar-refractivity contribution in [1.29, 1.82) is 0 Å². The van der Waals surface area contributed by atoms with E-state index in [1.54, 1.807) is 0 Å². The second-order valence-corrected chi connectivity index (χ2v) is 6.30. The Bertz CT molecular complexity index is 366. The maximum Gasteiger partial charge on any atom is 0.0596 e. The SMILES string of the molecule is CCCNC(C)CC(C)(C)Cc1cc(C)nn1C. The minimum absolute atomic E-state index is 0.306. The smallest absolute Gasteiger partial charge is 0.0596 e. The molecule has 0 aromatic carbocycles. The minimum Gasteiger partial charge on any atom is -0.314 e. The van der Waals surface area contributed by atoms with E-state index < -0.39 is 0 Å². The number of nitrogens with one attached hydrogen (secondary N) is 1. The fraction of sp³-hybridized carbons (Fsp3) is 0.800. The Morgan fingerprint density at radius 3 is 2.61 bits per heavy atom. The summed E-state index contributed by atoms with van der Waals surface area (Å²) in [6.07, 6.45) is 3.48. The summed E-state index contributed by atoms with van der Waals surface area (Å²) in [6.45, 7) is 12.4. The van der Waals surface area contributed by atoms with Gasteiger partial charge in [-0.3, -0.25) is 4.68 Å². The Balaban J connectivity index is 2.55. The summed E-state index contributed by atoms with van der Waals surface area (Å²) in [4.78, 5) is 0. The van der Waals surface area contributed by atoms with E-state index in [-0.39, 0.29) is 0 Å². The lowest BCUT2D eigenvalue weighted by molar-refractivity contribution is 0.281. The molecule has 1 heterocycles. The van der Waals surface area contributed by atoms with E-state index in [1.807, 2.05) is 11.7 Å². The van der Waals surface area contributed by atoms with Crippen LogP contribution in [-0.2, 0) is 13.5 Å². The monoisotopic (exact) mass is 251 g/mol. The summed E-state index contributed by atoms with van der Waals surface area (Å²) in [5, 5.41) is 8.00. The molecule has 0 amide bonds. The van der Waals surface area contributed by atoms with Gasteiger partial charge in [-0.15, -0.1) is 0 Å². The van der Waals surface area contributed by atoms with Crippen molar-refractivity contribution in [2.75, 3.05) is 6.54 Å². The standard InChI is InChI=1S/C15H29N3/c1-7-8-16-13(3)10-15(4,5)11-14-9-12(2)17-18(14)6/h9,13,16H,7-8,10-11H2,1-6H3. The molecule has 18 heavy (non-hydrogen) atoms. The summed E-state index contributed by atoms with van der Waals surface area (Å²) < 4.78 is 2.02. The molecule has 1 aromatic heterocycles.